The largest absolute Gasteiger partial charge is 0.396 e. The Labute approximate surface area is 116 Å². The third kappa shape index (κ3) is 3.68. The Balaban J connectivity index is 2.00. The Morgan fingerprint density at radius 3 is 3.00 bits per heavy atom. The lowest BCUT2D eigenvalue weighted by molar-refractivity contribution is 0.116. The van der Waals surface area contributed by atoms with Crippen molar-refractivity contribution in [1.29, 1.82) is 0 Å². The lowest BCUT2D eigenvalue weighted by Gasteiger charge is -2.32. The van der Waals surface area contributed by atoms with Crippen molar-refractivity contribution in [3.63, 3.8) is 0 Å². The van der Waals surface area contributed by atoms with Crippen molar-refractivity contribution in [2.24, 2.45) is 5.92 Å². The quantitative estimate of drug-likeness (QED) is 0.924. The van der Waals surface area contributed by atoms with Crippen LogP contribution in [0.15, 0.2) is 22.7 Å². The van der Waals surface area contributed by atoms with E-state index in [1.807, 2.05) is 12.1 Å². The van der Waals surface area contributed by atoms with Crippen LogP contribution < -0.4 is 0 Å². The molecule has 1 heterocycles. The number of rotatable bonds is 3. The molecule has 4 heteroatoms. The van der Waals surface area contributed by atoms with Crippen molar-refractivity contribution in [2.45, 2.75) is 19.4 Å². The van der Waals surface area contributed by atoms with Crippen LogP contribution in [0, 0.1) is 5.92 Å². The highest BCUT2D eigenvalue weighted by Crippen LogP contribution is 2.24. The molecular weight excluding hydrogens is 302 g/mol. The molecule has 0 radical (unpaired) electrons. The summed E-state index contributed by atoms with van der Waals surface area (Å²) in [6.45, 7) is 3.25. The first-order valence-corrected chi connectivity index (χ1v) is 7.13. The predicted molar refractivity (Wildman–Crippen MR) is 74.2 cm³/mol. The van der Waals surface area contributed by atoms with E-state index in [4.69, 9.17) is 11.6 Å². The minimum absolute atomic E-state index is 0.296. The summed E-state index contributed by atoms with van der Waals surface area (Å²) < 4.78 is 1.01. The van der Waals surface area contributed by atoms with Crippen molar-refractivity contribution in [2.75, 3.05) is 19.7 Å². The van der Waals surface area contributed by atoms with Gasteiger partial charge >= 0.3 is 0 Å². The molecule has 0 saturated carbocycles. The summed E-state index contributed by atoms with van der Waals surface area (Å²) in [5.41, 5.74) is 1.16. The zero-order valence-electron chi connectivity index (χ0n) is 9.70. The van der Waals surface area contributed by atoms with E-state index in [1.54, 1.807) is 0 Å². The van der Waals surface area contributed by atoms with Gasteiger partial charge in [0.15, 0.2) is 0 Å². The molecule has 0 bridgehead atoms. The average Bonchev–Trinajstić information content (AvgIpc) is 2.33. The van der Waals surface area contributed by atoms with Crippen LogP contribution in [0.3, 0.4) is 0 Å². The summed E-state index contributed by atoms with van der Waals surface area (Å²) in [4.78, 5) is 2.37. The van der Waals surface area contributed by atoms with Crippen LogP contribution in [0.5, 0.6) is 0 Å². The Kier molecular flexibility index (Phi) is 4.86. The maximum atomic E-state index is 9.21. The standard InChI is InChI=1S/C13H17BrClNO/c14-12-4-3-11(13(15)6-12)8-16-5-1-2-10(7-16)9-17/h3-4,6,10,17H,1-2,5,7-9H2. The molecule has 17 heavy (non-hydrogen) atoms. The van der Waals surface area contributed by atoms with E-state index in [0.717, 1.165) is 41.1 Å². The monoisotopic (exact) mass is 317 g/mol. The number of hydrogen-bond donors (Lipinski definition) is 1. The molecule has 0 aliphatic carbocycles. The number of aliphatic hydroxyl groups excluding tert-OH is 1. The topological polar surface area (TPSA) is 23.5 Å². The van der Waals surface area contributed by atoms with E-state index in [2.05, 4.69) is 26.9 Å². The van der Waals surface area contributed by atoms with Gasteiger partial charge in [-0.1, -0.05) is 33.6 Å². The average molecular weight is 319 g/mol. The molecular formula is C13H17BrClNO. The summed E-state index contributed by atoms with van der Waals surface area (Å²) in [6, 6.07) is 6.02. The van der Waals surface area contributed by atoms with Crippen molar-refractivity contribution >= 4 is 27.5 Å². The number of likely N-dealkylation sites (tertiary alicyclic amines) is 1. The van der Waals surface area contributed by atoms with Crippen molar-refractivity contribution < 1.29 is 5.11 Å². The lowest BCUT2D eigenvalue weighted by atomic mass is 9.98. The van der Waals surface area contributed by atoms with E-state index < -0.39 is 0 Å². The molecule has 1 saturated heterocycles. The Bertz CT molecular complexity index is 386. The van der Waals surface area contributed by atoms with Gasteiger partial charge in [-0.15, -0.1) is 0 Å². The minimum atomic E-state index is 0.296. The molecule has 94 valence electrons. The van der Waals surface area contributed by atoms with Crippen LogP contribution in [0.1, 0.15) is 18.4 Å². The highest BCUT2D eigenvalue weighted by Gasteiger charge is 2.19. The summed E-state index contributed by atoms with van der Waals surface area (Å²) in [5.74, 6) is 0.429. The Morgan fingerprint density at radius 2 is 2.29 bits per heavy atom. The highest BCUT2D eigenvalue weighted by atomic mass is 79.9. The number of nitrogens with zero attached hydrogens (tertiary/aromatic N) is 1. The number of hydrogen-bond acceptors (Lipinski definition) is 2. The van der Waals surface area contributed by atoms with Gasteiger partial charge in [0.2, 0.25) is 0 Å². The highest BCUT2D eigenvalue weighted by molar-refractivity contribution is 9.10. The second-order valence-electron chi connectivity index (χ2n) is 4.66. The number of aliphatic hydroxyl groups is 1. The molecule has 1 aliphatic rings. The van der Waals surface area contributed by atoms with Gasteiger partial charge in [0.1, 0.15) is 0 Å². The molecule has 1 aromatic rings. The predicted octanol–water partition coefficient (Wildman–Crippen LogP) is 3.31. The van der Waals surface area contributed by atoms with E-state index in [-0.39, 0.29) is 0 Å². The third-order valence-corrected chi connectivity index (χ3v) is 4.12. The Hall–Kier alpha value is -0.0900. The molecule has 1 aliphatic heterocycles. The van der Waals surface area contributed by atoms with Gasteiger partial charge < -0.3 is 5.11 Å². The SMILES string of the molecule is OCC1CCCN(Cc2ccc(Br)cc2Cl)C1. The first kappa shape index (κ1) is 13.3. The fraction of sp³-hybridized carbons (Fsp3) is 0.538. The molecule has 0 spiro atoms. The second kappa shape index (κ2) is 6.19. The third-order valence-electron chi connectivity index (χ3n) is 3.27. The lowest BCUT2D eigenvalue weighted by Crippen LogP contribution is -2.36. The van der Waals surface area contributed by atoms with Gasteiger partial charge in [-0.05, 0) is 43.0 Å². The second-order valence-corrected chi connectivity index (χ2v) is 5.98. The van der Waals surface area contributed by atoms with Gasteiger partial charge in [0, 0.05) is 29.2 Å². The van der Waals surface area contributed by atoms with Crippen LogP contribution in [-0.2, 0) is 6.54 Å². The van der Waals surface area contributed by atoms with Crippen LogP contribution >= 0.6 is 27.5 Å². The zero-order chi connectivity index (χ0) is 12.3. The van der Waals surface area contributed by atoms with Crippen molar-refractivity contribution in [1.82, 2.24) is 4.90 Å². The molecule has 0 aromatic heterocycles. The summed E-state index contributed by atoms with van der Waals surface area (Å²) in [5, 5.41) is 10.0. The number of piperidine rings is 1. The van der Waals surface area contributed by atoms with E-state index in [0.29, 0.717) is 12.5 Å². The van der Waals surface area contributed by atoms with Crippen molar-refractivity contribution in [3.8, 4) is 0 Å². The molecule has 0 amide bonds. The fourth-order valence-corrected chi connectivity index (χ4v) is 3.07. The van der Waals surface area contributed by atoms with Gasteiger partial charge in [0.25, 0.3) is 0 Å². The van der Waals surface area contributed by atoms with Crippen LogP contribution in [0.2, 0.25) is 5.02 Å². The first-order chi connectivity index (χ1) is 8.19. The summed E-state index contributed by atoms with van der Waals surface area (Å²) in [6.07, 6.45) is 2.31. The normalized spacial score (nSPS) is 21.7. The van der Waals surface area contributed by atoms with E-state index in [9.17, 15) is 5.11 Å². The van der Waals surface area contributed by atoms with Crippen LogP contribution in [0.25, 0.3) is 0 Å². The molecule has 2 nitrogen and oxygen atoms in total. The van der Waals surface area contributed by atoms with E-state index in [1.165, 1.54) is 6.42 Å². The number of benzene rings is 1. The van der Waals surface area contributed by atoms with Crippen LogP contribution in [-0.4, -0.2) is 29.7 Å². The zero-order valence-corrected chi connectivity index (χ0v) is 12.0. The van der Waals surface area contributed by atoms with Crippen molar-refractivity contribution in [3.05, 3.63) is 33.3 Å². The molecule has 1 fully saturated rings. The molecule has 1 aromatic carbocycles. The minimum Gasteiger partial charge on any atom is -0.396 e. The van der Waals surface area contributed by atoms with E-state index >= 15 is 0 Å². The summed E-state index contributed by atoms with van der Waals surface area (Å²) >= 11 is 9.62. The summed E-state index contributed by atoms with van der Waals surface area (Å²) in [7, 11) is 0. The maximum Gasteiger partial charge on any atom is 0.0471 e. The van der Waals surface area contributed by atoms with Gasteiger partial charge in [-0.25, -0.2) is 0 Å². The van der Waals surface area contributed by atoms with Gasteiger partial charge in [0.05, 0.1) is 0 Å². The van der Waals surface area contributed by atoms with Crippen LogP contribution in [0.4, 0.5) is 0 Å². The molecule has 2 rings (SSSR count). The number of halogens is 2. The maximum absolute atomic E-state index is 9.21. The first-order valence-electron chi connectivity index (χ1n) is 5.96. The van der Waals surface area contributed by atoms with Gasteiger partial charge in [-0.3, -0.25) is 4.90 Å². The van der Waals surface area contributed by atoms with Gasteiger partial charge in [-0.2, -0.15) is 0 Å². The molecule has 1 atom stereocenters. The molecule has 1 N–H and O–H groups in total. The molecule has 1 unspecified atom stereocenters. The Morgan fingerprint density at radius 1 is 1.47 bits per heavy atom. The smallest absolute Gasteiger partial charge is 0.0471 e. The fourth-order valence-electron chi connectivity index (χ4n) is 2.33.